The summed E-state index contributed by atoms with van der Waals surface area (Å²) in [4.78, 5) is 27.0. The van der Waals surface area contributed by atoms with Gasteiger partial charge in [0.05, 0.1) is 31.0 Å². The molecule has 2 aromatic rings. The summed E-state index contributed by atoms with van der Waals surface area (Å²) in [7, 11) is 3.35. The monoisotopic (exact) mass is 359 g/mol. The number of nitrogens with one attached hydrogen (secondary N) is 1. The minimum Gasteiger partial charge on any atom is -0.380 e. The van der Waals surface area contributed by atoms with Gasteiger partial charge >= 0.3 is 0 Å². The van der Waals surface area contributed by atoms with Crippen LogP contribution in [0, 0.1) is 6.92 Å². The van der Waals surface area contributed by atoms with E-state index in [2.05, 4.69) is 15.6 Å². The van der Waals surface area contributed by atoms with Crippen LogP contribution in [0.5, 0.6) is 0 Å². The van der Waals surface area contributed by atoms with E-state index in [-0.39, 0.29) is 30.2 Å². The van der Waals surface area contributed by atoms with Crippen molar-refractivity contribution in [3.05, 3.63) is 34.0 Å². The van der Waals surface area contributed by atoms with Crippen LogP contribution in [0.2, 0.25) is 0 Å². The van der Waals surface area contributed by atoms with Gasteiger partial charge in [0.2, 0.25) is 0 Å². The number of amides is 2. The summed E-state index contributed by atoms with van der Waals surface area (Å²) >= 11 is 0. The molecule has 0 unspecified atom stereocenters. The van der Waals surface area contributed by atoms with E-state index in [1.165, 1.54) is 0 Å². The Hall–Kier alpha value is -2.68. The lowest BCUT2D eigenvalue weighted by Crippen LogP contribution is -2.30. The summed E-state index contributed by atoms with van der Waals surface area (Å²) in [6.07, 6.45) is 2.03. The van der Waals surface area contributed by atoms with E-state index in [0.29, 0.717) is 30.1 Å². The molecular weight excluding hydrogens is 338 g/mol. The third kappa shape index (κ3) is 2.78. The van der Waals surface area contributed by atoms with Crippen molar-refractivity contribution >= 4 is 11.8 Å². The van der Waals surface area contributed by atoms with Crippen molar-refractivity contribution in [1.29, 1.82) is 0 Å². The number of rotatable bonds is 5. The molecule has 9 heteroatoms. The van der Waals surface area contributed by atoms with Crippen LogP contribution in [0.25, 0.3) is 0 Å². The van der Waals surface area contributed by atoms with Crippen LogP contribution < -0.4 is 5.32 Å². The third-order valence-corrected chi connectivity index (χ3v) is 4.86. The zero-order valence-corrected chi connectivity index (χ0v) is 15.0. The van der Waals surface area contributed by atoms with Crippen molar-refractivity contribution < 1.29 is 18.8 Å². The van der Waals surface area contributed by atoms with Crippen LogP contribution in [-0.2, 0) is 31.5 Å². The lowest BCUT2D eigenvalue weighted by Gasteiger charge is -2.15. The first-order valence-electron chi connectivity index (χ1n) is 8.58. The molecule has 2 aliphatic rings. The Morgan fingerprint density at radius 2 is 2.08 bits per heavy atom. The molecule has 0 spiro atoms. The van der Waals surface area contributed by atoms with Gasteiger partial charge in [0, 0.05) is 25.8 Å². The molecule has 0 bridgehead atoms. The molecular formula is C17H21N5O4. The van der Waals surface area contributed by atoms with Crippen LogP contribution in [0.3, 0.4) is 0 Å². The summed E-state index contributed by atoms with van der Waals surface area (Å²) < 4.78 is 12.0. The first kappa shape index (κ1) is 16.8. The van der Waals surface area contributed by atoms with Gasteiger partial charge in [0.1, 0.15) is 5.76 Å². The Labute approximate surface area is 150 Å². The number of hydrogen-bond donors (Lipinski definition) is 1. The normalized spacial score (nSPS) is 16.0. The van der Waals surface area contributed by atoms with Gasteiger partial charge in [0.25, 0.3) is 11.8 Å². The molecule has 0 aromatic carbocycles. The molecule has 1 saturated carbocycles. The maximum absolute atomic E-state index is 12.9. The van der Waals surface area contributed by atoms with E-state index in [9.17, 15) is 9.59 Å². The maximum Gasteiger partial charge on any atom is 0.277 e. The Morgan fingerprint density at radius 3 is 2.77 bits per heavy atom. The van der Waals surface area contributed by atoms with E-state index >= 15 is 0 Å². The summed E-state index contributed by atoms with van der Waals surface area (Å²) in [5, 5.41) is 11.2. The van der Waals surface area contributed by atoms with Crippen LogP contribution in [0.1, 0.15) is 56.4 Å². The van der Waals surface area contributed by atoms with Gasteiger partial charge in [-0.05, 0) is 19.8 Å². The number of methoxy groups -OCH3 is 1. The predicted octanol–water partition coefficient (Wildman–Crippen LogP) is 0.911. The topological polar surface area (TPSA) is 102 Å². The zero-order chi connectivity index (χ0) is 18.4. The number of carbonyl (C=O) groups is 2. The van der Waals surface area contributed by atoms with Crippen LogP contribution in [0.4, 0.5) is 0 Å². The minimum atomic E-state index is -0.237. The SMILES string of the molecule is COCc1c(C(=O)N2Cc3c(C(=O)NC4CC4)nn(C)c3C2)noc1C. The smallest absolute Gasteiger partial charge is 0.277 e. The Balaban J connectivity index is 1.57. The Morgan fingerprint density at radius 1 is 1.31 bits per heavy atom. The molecule has 2 aromatic heterocycles. The van der Waals surface area contributed by atoms with Gasteiger partial charge in [-0.2, -0.15) is 5.10 Å². The van der Waals surface area contributed by atoms with E-state index in [0.717, 1.165) is 24.1 Å². The summed E-state index contributed by atoms with van der Waals surface area (Å²) in [6, 6.07) is 0.258. The van der Waals surface area contributed by atoms with Crippen molar-refractivity contribution in [3.63, 3.8) is 0 Å². The number of nitrogens with zero attached hydrogens (tertiary/aromatic N) is 4. The molecule has 1 fully saturated rings. The van der Waals surface area contributed by atoms with E-state index in [1.54, 1.807) is 30.7 Å². The predicted molar refractivity (Wildman–Crippen MR) is 89.2 cm³/mol. The fourth-order valence-electron chi connectivity index (χ4n) is 3.22. The van der Waals surface area contributed by atoms with E-state index < -0.39 is 0 Å². The van der Waals surface area contributed by atoms with E-state index in [1.807, 2.05) is 0 Å². The first-order chi connectivity index (χ1) is 12.5. The zero-order valence-electron chi connectivity index (χ0n) is 15.0. The Kier molecular flexibility index (Phi) is 4.03. The fraction of sp³-hybridized carbons (Fsp3) is 0.529. The molecule has 138 valence electrons. The minimum absolute atomic E-state index is 0.170. The van der Waals surface area contributed by atoms with Gasteiger partial charge < -0.3 is 19.5 Å². The number of ether oxygens (including phenoxy) is 1. The summed E-state index contributed by atoms with van der Waals surface area (Å²) in [6.45, 7) is 2.72. The fourth-order valence-corrected chi connectivity index (χ4v) is 3.22. The molecule has 0 atom stereocenters. The molecule has 4 rings (SSSR count). The van der Waals surface area contributed by atoms with Crippen LogP contribution in [-0.4, -0.2) is 44.8 Å². The average Bonchev–Trinajstić information content (AvgIpc) is 3.06. The van der Waals surface area contributed by atoms with Crippen molar-refractivity contribution in [2.75, 3.05) is 7.11 Å². The molecule has 0 saturated heterocycles. The second-order valence-corrected chi connectivity index (χ2v) is 6.81. The second-order valence-electron chi connectivity index (χ2n) is 6.81. The average molecular weight is 359 g/mol. The molecule has 1 aliphatic carbocycles. The molecule has 1 N–H and O–H groups in total. The lowest BCUT2D eigenvalue weighted by molar-refractivity contribution is 0.0731. The number of aryl methyl sites for hydroxylation is 2. The molecule has 1 aliphatic heterocycles. The highest BCUT2D eigenvalue weighted by atomic mass is 16.5. The van der Waals surface area contributed by atoms with Crippen LogP contribution >= 0.6 is 0 Å². The van der Waals surface area contributed by atoms with Crippen molar-refractivity contribution in [1.82, 2.24) is 25.2 Å². The highest BCUT2D eigenvalue weighted by molar-refractivity contribution is 5.96. The van der Waals surface area contributed by atoms with Gasteiger partial charge in [-0.25, -0.2) is 0 Å². The number of aromatic nitrogens is 3. The number of fused-ring (bicyclic) bond motifs is 1. The lowest BCUT2D eigenvalue weighted by atomic mass is 10.2. The standard InChI is InChI=1S/C17H21N5O4/c1-9-12(8-25-3)15(20-26-9)17(24)22-6-11-13(7-22)21(2)19-14(11)16(23)18-10-4-5-10/h10H,4-8H2,1-3H3,(H,18,23). The Bertz CT molecular complexity index is 880. The molecule has 2 amide bonds. The summed E-state index contributed by atoms with van der Waals surface area (Å²) in [5.74, 6) is 0.160. The second kappa shape index (κ2) is 6.24. The number of hydrogen-bond acceptors (Lipinski definition) is 6. The first-order valence-corrected chi connectivity index (χ1v) is 8.58. The highest BCUT2D eigenvalue weighted by Gasteiger charge is 2.35. The van der Waals surface area contributed by atoms with Crippen molar-refractivity contribution in [2.45, 2.75) is 45.5 Å². The third-order valence-electron chi connectivity index (χ3n) is 4.86. The number of carbonyl (C=O) groups excluding carboxylic acids is 2. The molecule has 0 radical (unpaired) electrons. The quantitative estimate of drug-likeness (QED) is 0.851. The maximum atomic E-state index is 12.9. The molecule has 3 heterocycles. The van der Waals surface area contributed by atoms with Crippen molar-refractivity contribution in [2.24, 2.45) is 7.05 Å². The summed E-state index contributed by atoms with van der Waals surface area (Å²) in [5.41, 5.74) is 2.98. The highest BCUT2D eigenvalue weighted by Crippen LogP contribution is 2.29. The van der Waals surface area contributed by atoms with E-state index in [4.69, 9.17) is 9.26 Å². The van der Waals surface area contributed by atoms with Crippen molar-refractivity contribution in [3.8, 4) is 0 Å². The largest absolute Gasteiger partial charge is 0.380 e. The molecule has 26 heavy (non-hydrogen) atoms. The van der Waals surface area contributed by atoms with Gasteiger partial charge in [-0.15, -0.1) is 0 Å². The van der Waals surface area contributed by atoms with Gasteiger partial charge in [-0.3, -0.25) is 14.3 Å². The molecule has 9 nitrogen and oxygen atoms in total. The van der Waals surface area contributed by atoms with Gasteiger partial charge in [0.15, 0.2) is 11.4 Å². The van der Waals surface area contributed by atoms with Gasteiger partial charge in [-0.1, -0.05) is 5.16 Å². The van der Waals surface area contributed by atoms with Crippen LogP contribution in [0.15, 0.2) is 4.52 Å².